The number of para-hydroxylation sites is 1. The smallest absolute Gasteiger partial charge is 0.253 e. The van der Waals surface area contributed by atoms with Crippen LogP contribution in [0, 0.1) is 5.41 Å². The van der Waals surface area contributed by atoms with Crippen molar-refractivity contribution in [3.05, 3.63) is 95.6 Å². The summed E-state index contributed by atoms with van der Waals surface area (Å²) in [5.74, 6) is 2.07. The number of ether oxygens (including phenoxy) is 2. The van der Waals surface area contributed by atoms with Gasteiger partial charge in [-0.2, -0.15) is 0 Å². The van der Waals surface area contributed by atoms with Gasteiger partial charge in [0.1, 0.15) is 18.1 Å². The van der Waals surface area contributed by atoms with Gasteiger partial charge in [-0.25, -0.2) is 0 Å². The topological polar surface area (TPSA) is 42.0 Å². The van der Waals surface area contributed by atoms with Gasteiger partial charge in [0.05, 0.1) is 7.11 Å². The molecule has 0 bridgehead atoms. The first-order chi connectivity index (χ1) is 18.6. The van der Waals surface area contributed by atoms with Gasteiger partial charge in [-0.15, -0.1) is 0 Å². The number of hydrogen-bond donors (Lipinski definition) is 0. The molecule has 1 spiro atoms. The molecule has 38 heavy (non-hydrogen) atoms. The maximum atomic E-state index is 13.1. The Morgan fingerprint density at radius 3 is 2.37 bits per heavy atom. The molecule has 2 aliphatic rings. The molecule has 5 rings (SSSR count). The minimum Gasteiger partial charge on any atom is -0.497 e. The molecule has 0 N–H and O–H groups in total. The summed E-state index contributed by atoms with van der Waals surface area (Å²) < 4.78 is 11.7. The molecule has 5 heteroatoms. The van der Waals surface area contributed by atoms with Gasteiger partial charge in [0.2, 0.25) is 0 Å². The van der Waals surface area contributed by atoms with Gasteiger partial charge in [-0.3, -0.25) is 9.69 Å². The van der Waals surface area contributed by atoms with Crippen LogP contribution in [0.5, 0.6) is 11.5 Å². The minimum atomic E-state index is 0.161. The van der Waals surface area contributed by atoms with Crippen molar-refractivity contribution in [1.29, 1.82) is 0 Å². The van der Waals surface area contributed by atoms with Gasteiger partial charge in [0.15, 0.2) is 0 Å². The fourth-order valence-electron chi connectivity index (χ4n) is 6.06. The second-order valence-corrected chi connectivity index (χ2v) is 10.9. The molecule has 0 atom stereocenters. The zero-order chi connectivity index (χ0) is 26.2. The van der Waals surface area contributed by atoms with E-state index >= 15 is 0 Å². The van der Waals surface area contributed by atoms with Crippen LogP contribution in [0.2, 0.25) is 0 Å². The third-order valence-electron chi connectivity index (χ3n) is 8.30. The van der Waals surface area contributed by atoms with Crippen molar-refractivity contribution in [2.45, 2.75) is 45.1 Å². The Labute approximate surface area is 227 Å². The number of piperidine rings is 1. The van der Waals surface area contributed by atoms with Crippen molar-refractivity contribution >= 4 is 5.91 Å². The fourth-order valence-corrected chi connectivity index (χ4v) is 6.06. The van der Waals surface area contributed by atoms with Crippen molar-refractivity contribution in [2.75, 3.05) is 39.9 Å². The molecular weight excluding hydrogens is 472 g/mol. The molecular formula is C33H40N2O3. The maximum Gasteiger partial charge on any atom is 0.253 e. The molecule has 3 aromatic carbocycles. The number of aryl methyl sites for hydroxylation is 1. The second-order valence-electron chi connectivity index (χ2n) is 10.9. The number of carbonyl (C=O) groups excluding carboxylic acids is 1. The van der Waals surface area contributed by atoms with Crippen LogP contribution in [0.1, 0.15) is 53.6 Å². The highest BCUT2D eigenvalue weighted by Gasteiger charge is 2.37. The van der Waals surface area contributed by atoms with Crippen LogP contribution in [0.25, 0.3) is 0 Å². The monoisotopic (exact) mass is 512 g/mol. The number of hydrogen-bond acceptors (Lipinski definition) is 4. The molecule has 2 heterocycles. The van der Waals surface area contributed by atoms with E-state index in [2.05, 4.69) is 46.2 Å². The Kier molecular flexibility index (Phi) is 8.65. The first-order valence-electron chi connectivity index (χ1n) is 14.0. The molecule has 0 aromatic heterocycles. The van der Waals surface area contributed by atoms with Gasteiger partial charge >= 0.3 is 0 Å². The number of nitrogens with zero attached hydrogens (tertiary/aromatic N) is 2. The van der Waals surface area contributed by atoms with E-state index in [-0.39, 0.29) is 11.3 Å². The van der Waals surface area contributed by atoms with Crippen molar-refractivity contribution in [1.82, 2.24) is 9.80 Å². The molecule has 0 radical (unpaired) electrons. The number of benzene rings is 3. The Bertz CT molecular complexity index is 1170. The molecule has 200 valence electrons. The summed E-state index contributed by atoms with van der Waals surface area (Å²) in [4.78, 5) is 17.8. The number of fused-ring (bicyclic) bond motifs is 1. The summed E-state index contributed by atoms with van der Waals surface area (Å²) in [5, 5.41) is 0. The summed E-state index contributed by atoms with van der Waals surface area (Å²) in [7, 11) is 1.71. The highest BCUT2D eigenvalue weighted by Crippen LogP contribution is 2.39. The van der Waals surface area contributed by atoms with Gasteiger partial charge in [0.25, 0.3) is 5.91 Å². The van der Waals surface area contributed by atoms with Crippen LogP contribution >= 0.6 is 0 Å². The Morgan fingerprint density at radius 2 is 1.61 bits per heavy atom. The molecule has 1 saturated heterocycles. The lowest BCUT2D eigenvalue weighted by Gasteiger charge is -2.45. The van der Waals surface area contributed by atoms with Gasteiger partial charge in [-0.1, -0.05) is 55.0 Å². The quantitative estimate of drug-likeness (QED) is 0.416. The predicted octanol–water partition coefficient (Wildman–Crippen LogP) is 6.23. The summed E-state index contributed by atoms with van der Waals surface area (Å²) in [6.45, 7) is 5.09. The third kappa shape index (κ3) is 6.57. The minimum absolute atomic E-state index is 0.161. The average molecular weight is 513 g/mol. The lowest BCUT2D eigenvalue weighted by molar-refractivity contribution is 0.0361. The summed E-state index contributed by atoms with van der Waals surface area (Å²) in [6, 6.07) is 26.6. The molecule has 0 saturated carbocycles. The van der Waals surface area contributed by atoms with Gasteiger partial charge in [-0.05, 0) is 79.0 Å². The SMILES string of the molecule is COc1ccc(CN2CCOc3ccccc3CCCCC3(CCN(C(=O)c4ccccc4)CC3)C2)cc1. The second kappa shape index (κ2) is 12.5. The van der Waals surface area contributed by atoms with Crippen LogP contribution < -0.4 is 9.47 Å². The zero-order valence-electron chi connectivity index (χ0n) is 22.6. The first-order valence-corrected chi connectivity index (χ1v) is 14.0. The predicted molar refractivity (Wildman–Crippen MR) is 152 cm³/mol. The molecule has 0 unspecified atom stereocenters. The van der Waals surface area contributed by atoms with Crippen molar-refractivity contribution in [2.24, 2.45) is 5.41 Å². The molecule has 5 nitrogen and oxygen atoms in total. The summed E-state index contributed by atoms with van der Waals surface area (Å²) in [6.07, 6.45) is 6.69. The van der Waals surface area contributed by atoms with E-state index in [1.165, 1.54) is 24.0 Å². The van der Waals surface area contributed by atoms with E-state index in [0.29, 0.717) is 6.61 Å². The van der Waals surface area contributed by atoms with Crippen LogP contribution in [-0.4, -0.2) is 55.6 Å². The highest BCUT2D eigenvalue weighted by molar-refractivity contribution is 5.94. The number of rotatable bonds is 4. The summed E-state index contributed by atoms with van der Waals surface area (Å²) in [5.41, 5.74) is 3.59. The Morgan fingerprint density at radius 1 is 0.868 bits per heavy atom. The highest BCUT2D eigenvalue weighted by atomic mass is 16.5. The molecule has 1 fully saturated rings. The third-order valence-corrected chi connectivity index (χ3v) is 8.30. The van der Waals surface area contributed by atoms with E-state index in [0.717, 1.165) is 75.5 Å². The first kappa shape index (κ1) is 26.3. The molecule has 0 aliphatic carbocycles. The normalized spacial score (nSPS) is 18.5. The van der Waals surface area contributed by atoms with Crippen LogP contribution in [0.15, 0.2) is 78.9 Å². The van der Waals surface area contributed by atoms with E-state index in [9.17, 15) is 4.79 Å². The lowest BCUT2D eigenvalue weighted by Crippen LogP contribution is -2.48. The van der Waals surface area contributed by atoms with Crippen LogP contribution in [-0.2, 0) is 13.0 Å². The number of likely N-dealkylation sites (tertiary alicyclic amines) is 1. The van der Waals surface area contributed by atoms with Crippen molar-refractivity contribution in [3.63, 3.8) is 0 Å². The molecule has 1 amide bonds. The Balaban J connectivity index is 1.33. The standard InChI is InChI=1S/C33H40N2O3/c1-37-30-16-14-27(15-17-30)25-34-23-24-38-31-13-6-5-9-28(31)10-7-8-18-33(26-34)19-21-35(22-20-33)32(36)29-11-3-2-4-12-29/h2-6,9,11-17H,7-8,10,18-26H2,1H3. The largest absolute Gasteiger partial charge is 0.497 e. The number of carbonyl (C=O) groups is 1. The van der Waals surface area contributed by atoms with Crippen LogP contribution in [0.4, 0.5) is 0 Å². The van der Waals surface area contributed by atoms with Gasteiger partial charge in [0, 0.05) is 38.3 Å². The molecule has 2 aliphatic heterocycles. The van der Waals surface area contributed by atoms with Crippen molar-refractivity contribution < 1.29 is 14.3 Å². The van der Waals surface area contributed by atoms with Crippen LogP contribution in [0.3, 0.4) is 0 Å². The fraction of sp³-hybridized carbons (Fsp3) is 0.424. The van der Waals surface area contributed by atoms with E-state index in [1.54, 1.807) is 7.11 Å². The Hall–Kier alpha value is -3.31. The number of methoxy groups -OCH3 is 1. The maximum absolute atomic E-state index is 13.1. The summed E-state index contributed by atoms with van der Waals surface area (Å²) >= 11 is 0. The average Bonchev–Trinajstić information content (AvgIpc) is 2.96. The van der Waals surface area contributed by atoms with E-state index in [1.807, 2.05) is 42.5 Å². The zero-order valence-corrected chi connectivity index (χ0v) is 22.6. The van der Waals surface area contributed by atoms with Gasteiger partial charge < -0.3 is 14.4 Å². The lowest BCUT2D eigenvalue weighted by atomic mass is 9.73. The van der Waals surface area contributed by atoms with E-state index < -0.39 is 0 Å². The number of amides is 1. The van der Waals surface area contributed by atoms with Crippen molar-refractivity contribution in [3.8, 4) is 11.5 Å². The molecule has 3 aromatic rings. The van der Waals surface area contributed by atoms with E-state index in [4.69, 9.17) is 9.47 Å².